The second kappa shape index (κ2) is 18.4. The van der Waals surface area contributed by atoms with Crippen molar-refractivity contribution in [2.24, 2.45) is 0 Å². The number of nitrogens with one attached hydrogen (secondary N) is 1. The fraction of sp³-hybridized carbons (Fsp3) is 0.667. The molecule has 0 bridgehead atoms. The second-order valence-electron chi connectivity index (χ2n) is 5.31. The molecular formula is C18H35NSi. The smallest absolute Gasteiger partial charge is 0.0749 e. The van der Waals surface area contributed by atoms with Gasteiger partial charge in [-0.3, -0.25) is 0 Å². The molecule has 0 aliphatic carbocycles. The molecule has 116 valence electrons. The molecule has 0 aromatic rings. The monoisotopic (exact) mass is 293 g/mol. The van der Waals surface area contributed by atoms with Crippen molar-refractivity contribution < 1.29 is 0 Å². The van der Waals surface area contributed by atoms with Gasteiger partial charge in [-0.25, -0.2) is 0 Å². The molecule has 0 radical (unpaired) electrons. The van der Waals surface area contributed by atoms with E-state index in [0.717, 1.165) is 29.7 Å². The van der Waals surface area contributed by atoms with Gasteiger partial charge in [0, 0.05) is 0 Å². The highest BCUT2D eigenvalue weighted by molar-refractivity contribution is 6.04. The summed E-state index contributed by atoms with van der Waals surface area (Å²) in [5, 5.41) is 0. The van der Waals surface area contributed by atoms with Gasteiger partial charge < -0.3 is 4.98 Å². The number of hydrogen-bond donors (Lipinski definition) is 1. The molecule has 0 aromatic carbocycles. The van der Waals surface area contributed by atoms with Crippen LogP contribution in [0.15, 0.2) is 36.5 Å². The molecule has 0 amide bonds. The van der Waals surface area contributed by atoms with Gasteiger partial charge in [-0.15, -0.1) is 0 Å². The SMILES string of the molecule is CC/C=C\C/C=C\C/C=C\CCCCCCCCN[SiH3]. The Kier molecular flexibility index (Phi) is 17.8. The van der Waals surface area contributed by atoms with Gasteiger partial charge in [0.2, 0.25) is 0 Å². The van der Waals surface area contributed by atoms with E-state index in [2.05, 4.69) is 48.4 Å². The van der Waals surface area contributed by atoms with Crippen LogP contribution in [0.1, 0.15) is 71.1 Å². The fourth-order valence-electron chi connectivity index (χ4n) is 2.10. The summed E-state index contributed by atoms with van der Waals surface area (Å²) in [6, 6.07) is 0. The highest BCUT2D eigenvalue weighted by Crippen LogP contribution is 2.07. The lowest BCUT2D eigenvalue weighted by Crippen LogP contribution is -2.09. The third kappa shape index (κ3) is 17.4. The molecule has 1 nitrogen and oxygen atoms in total. The summed E-state index contributed by atoms with van der Waals surface area (Å²) < 4.78 is 0. The van der Waals surface area contributed by atoms with Crippen molar-refractivity contribution in [1.29, 1.82) is 0 Å². The first-order chi connectivity index (χ1) is 9.91. The van der Waals surface area contributed by atoms with Crippen molar-refractivity contribution >= 4 is 10.4 Å². The predicted molar refractivity (Wildman–Crippen MR) is 97.2 cm³/mol. The molecule has 0 rings (SSSR count). The first-order valence-electron chi connectivity index (χ1n) is 8.51. The van der Waals surface area contributed by atoms with Gasteiger partial charge in [0.15, 0.2) is 0 Å². The van der Waals surface area contributed by atoms with Crippen LogP contribution in [-0.4, -0.2) is 16.9 Å². The van der Waals surface area contributed by atoms with Crippen LogP contribution in [0.2, 0.25) is 0 Å². The van der Waals surface area contributed by atoms with E-state index in [0.29, 0.717) is 0 Å². The Morgan fingerprint density at radius 3 is 1.90 bits per heavy atom. The van der Waals surface area contributed by atoms with Crippen molar-refractivity contribution in [3.8, 4) is 0 Å². The normalized spacial score (nSPS) is 12.4. The number of hydrogen-bond acceptors (Lipinski definition) is 1. The van der Waals surface area contributed by atoms with Crippen LogP contribution in [-0.2, 0) is 0 Å². The van der Waals surface area contributed by atoms with Gasteiger partial charge in [-0.05, 0) is 45.1 Å². The molecule has 0 aliphatic heterocycles. The Labute approximate surface area is 130 Å². The van der Waals surface area contributed by atoms with Crippen molar-refractivity contribution in [2.75, 3.05) is 6.54 Å². The average Bonchev–Trinajstić information content (AvgIpc) is 2.47. The van der Waals surface area contributed by atoms with Gasteiger partial charge in [-0.2, -0.15) is 0 Å². The van der Waals surface area contributed by atoms with Gasteiger partial charge in [0.25, 0.3) is 0 Å². The molecule has 20 heavy (non-hydrogen) atoms. The highest BCUT2D eigenvalue weighted by atomic mass is 28.2. The number of allylic oxidation sites excluding steroid dienone is 6. The zero-order valence-electron chi connectivity index (χ0n) is 13.7. The molecule has 0 saturated heterocycles. The standard InChI is InChI=1S/C18H35NSi/c1-2-3-4-5-6-7-8-9-10-11-12-13-14-15-16-17-18-19-20/h3-4,6-7,9-10,19H,2,5,8,11-18H2,1,20H3/b4-3-,7-6-,10-9-. The Morgan fingerprint density at radius 1 is 0.700 bits per heavy atom. The van der Waals surface area contributed by atoms with E-state index in [4.69, 9.17) is 0 Å². The first kappa shape index (κ1) is 19.4. The van der Waals surface area contributed by atoms with E-state index in [-0.39, 0.29) is 0 Å². The van der Waals surface area contributed by atoms with Crippen LogP contribution < -0.4 is 4.98 Å². The lowest BCUT2D eigenvalue weighted by molar-refractivity contribution is 0.595. The summed E-state index contributed by atoms with van der Waals surface area (Å²) >= 11 is 0. The van der Waals surface area contributed by atoms with Gasteiger partial charge in [-0.1, -0.05) is 69.1 Å². The second-order valence-corrected chi connectivity index (χ2v) is 6.01. The lowest BCUT2D eigenvalue weighted by atomic mass is 10.1. The third-order valence-electron chi connectivity index (χ3n) is 3.33. The first-order valence-corrected chi connectivity index (χ1v) is 9.51. The highest BCUT2D eigenvalue weighted by Gasteiger charge is 1.89. The van der Waals surface area contributed by atoms with Crippen molar-refractivity contribution in [3.63, 3.8) is 0 Å². The number of rotatable bonds is 14. The molecule has 2 heteroatoms. The average molecular weight is 294 g/mol. The topological polar surface area (TPSA) is 12.0 Å². The lowest BCUT2D eigenvalue weighted by Gasteiger charge is -2.00. The summed E-state index contributed by atoms with van der Waals surface area (Å²) in [5.41, 5.74) is 0. The maximum atomic E-state index is 3.34. The summed E-state index contributed by atoms with van der Waals surface area (Å²) in [7, 11) is 1.14. The van der Waals surface area contributed by atoms with E-state index >= 15 is 0 Å². The van der Waals surface area contributed by atoms with Gasteiger partial charge >= 0.3 is 0 Å². The quantitative estimate of drug-likeness (QED) is 0.283. The van der Waals surface area contributed by atoms with E-state index < -0.39 is 0 Å². The zero-order chi connectivity index (χ0) is 14.7. The molecule has 0 fully saturated rings. The van der Waals surface area contributed by atoms with Crippen LogP contribution >= 0.6 is 0 Å². The molecule has 0 spiro atoms. The third-order valence-corrected chi connectivity index (χ3v) is 3.83. The summed E-state index contributed by atoms with van der Waals surface area (Å²) in [6.45, 7) is 3.41. The fourth-order valence-corrected chi connectivity index (χ4v) is 2.45. The van der Waals surface area contributed by atoms with Crippen molar-refractivity contribution in [1.82, 2.24) is 4.98 Å². The van der Waals surface area contributed by atoms with Crippen molar-refractivity contribution in [2.45, 2.75) is 71.1 Å². The van der Waals surface area contributed by atoms with E-state index in [9.17, 15) is 0 Å². The van der Waals surface area contributed by atoms with Crippen LogP contribution in [0.3, 0.4) is 0 Å². The molecule has 1 N–H and O–H groups in total. The molecule has 0 saturated carbocycles. The number of unbranched alkanes of at least 4 members (excludes halogenated alkanes) is 6. The molecule has 0 aromatic heterocycles. The Hall–Kier alpha value is -0.603. The molecule has 0 heterocycles. The maximum absolute atomic E-state index is 3.34. The molecule has 0 aliphatic rings. The molecular weight excluding hydrogens is 258 g/mol. The van der Waals surface area contributed by atoms with Crippen LogP contribution in [0, 0.1) is 0 Å². The Balaban J connectivity index is 3.17. The van der Waals surface area contributed by atoms with E-state index in [1.54, 1.807) is 0 Å². The molecule has 0 unspecified atom stereocenters. The van der Waals surface area contributed by atoms with Crippen LogP contribution in [0.5, 0.6) is 0 Å². The molecule has 0 atom stereocenters. The van der Waals surface area contributed by atoms with Crippen molar-refractivity contribution in [3.05, 3.63) is 36.5 Å². The Morgan fingerprint density at radius 2 is 1.25 bits per heavy atom. The summed E-state index contributed by atoms with van der Waals surface area (Å²) in [5.74, 6) is 0. The minimum atomic E-state index is 1.08. The van der Waals surface area contributed by atoms with Crippen LogP contribution in [0.25, 0.3) is 0 Å². The summed E-state index contributed by atoms with van der Waals surface area (Å²) in [6.07, 6.45) is 26.6. The van der Waals surface area contributed by atoms with Crippen LogP contribution in [0.4, 0.5) is 0 Å². The predicted octanol–water partition coefficient (Wildman–Crippen LogP) is 4.45. The van der Waals surface area contributed by atoms with E-state index in [1.807, 2.05) is 0 Å². The minimum Gasteiger partial charge on any atom is -0.345 e. The Bertz CT molecular complexity index is 256. The van der Waals surface area contributed by atoms with Gasteiger partial charge in [0.05, 0.1) is 10.4 Å². The largest absolute Gasteiger partial charge is 0.345 e. The summed E-state index contributed by atoms with van der Waals surface area (Å²) in [4.78, 5) is 3.34. The van der Waals surface area contributed by atoms with E-state index in [1.165, 1.54) is 51.5 Å². The minimum absolute atomic E-state index is 1.08. The zero-order valence-corrected chi connectivity index (χ0v) is 15.7. The maximum Gasteiger partial charge on any atom is 0.0749 e. The van der Waals surface area contributed by atoms with Gasteiger partial charge in [0.1, 0.15) is 0 Å².